The summed E-state index contributed by atoms with van der Waals surface area (Å²) in [7, 11) is 0. The van der Waals surface area contributed by atoms with Gasteiger partial charge in [-0.25, -0.2) is 4.98 Å². The number of rotatable bonds is 2. The highest BCUT2D eigenvalue weighted by Crippen LogP contribution is 2.23. The van der Waals surface area contributed by atoms with E-state index in [9.17, 15) is 14.9 Å². The van der Waals surface area contributed by atoms with Crippen molar-refractivity contribution < 1.29 is 9.66 Å². The quantitative estimate of drug-likeness (QED) is 0.584. The first-order chi connectivity index (χ1) is 9.68. The van der Waals surface area contributed by atoms with Crippen LogP contribution in [0.4, 0.5) is 11.5 Å². The Balaban J connectivity index is 2.26. The molecule has 0 unspecified atom stereocenters. The SMILES string of the molecule is O=c1c([N+](=O)[O-])c(N2CCOCC2)nc2ccccn12. The van der Waals surface area contributed by atoms with Crippen molar-refractivity contribution in [3.05, 3.63) is 44.9 Å². The molecule has 8 nitrogen and oxygen atoms in total. The van der Waals surface area contributed by atoms with E-state index in [4.69, 9.17) is 4.74 Å². The number of fused-ring (bicyclic) bond motifs is 1. The fourth-order valence-electron chi connectivity index (χ4n) is 2.22. The number of anilines is 1. The Morgan fingerprint density at radius 1 is 1.30 bits per heavy atom. The minimum atomic E-state index is -0.667. The molecule has 1 fully saturated rings. The maximum absolute atomic E-state index is 12.3. The minimum Gasteiger partial charge on any atom is -0.378 e. The second-order valence-electron chi connectivity index (χ2n) is 4.37. The van der Waals surface area contributed by atoms with Gasteiger partial charge >= 0.3 is 11.2 Å². The van der Waals surface area contributed by atoms with Crippen LogP contribution in [0, 0.1) is 10.1 Å². The van der Waals surface area contributed by atoms with Gasteiger partial charge in [0, 0.05) is 19.3 Å². The molecule has 1 aliphatic rings. The minimum absolute atomic E-state index is 0.120. The van der Waals surface area contributed by atoms with Crippen molar-refractivity contribution in [2.75, 3.05) is 31.2 Å². The zero-order valence-electron chi connectivity index (χ0n) is 10.6. The van der Waals surface area contributed by atoms with Crippen molar-refractivity contribution >= 4 is 17.2 Å². The van der Waals surface area contributed by atoms with E-state index in [1.54, 1.807) is 23.1 Å². The van der Waals surface area contributed by atoms with E-state index in [1.165, 1.54) is 10.6 Å². The molecule has 0 bridgehead atoms. The first kappa shape index (κ1) is 12.5. The number of morpholine rings is 1. The van der Waals surface area contributed by atoms with Gasteiger partial charge in [-0.1, -0.05) is 6.07 Å². The Labute approximate surface area is 113 Å². The standard InChI is InChI=1S/C12H12N4O4/c17-12-10(16(18)19)11(14-5-7-20-8-6-14)13-9-3-1-2-4-15(9)12/h1-4H,5-8H2. The number of nitrogens with zero attached hydrogens (tertiary/aromatic N) is 4. The van der Waals surface area contributed by atoms with E-state index in [1.807, 2.05) is 0 Å². The Kier molecular flexibility index (Phi) is 3.07. The highest BCUT2D eigenvalue weighted by Gasteiger charge is 2.28. The van der Waals surface area contributed by atoms with Crippen LogP contribution >= 0.6 is 0 Å². The summed E-state index contributed by atoms with van der Waals surface area (Å²) in [6.45, 7) is 1.90. The van der Waals surface area contributed by atoms with Gasteiger partial charge in [-0.15, -0.1) is 0 Å². The highest BCUT2D eigenvalue weighted by molar-refractivity contribution is 5.61. The number of ether oxygens (including phenoxy) is 1. The second-order valence-corrected chi connectivity index (χ2v) is 4.37. The maximum Gasteiger partial charge on any atom is 0.376 e. The number of hydrogen-bond donors (Lipinski definition) is 0. The molecule has 2 aromatic rings. The fraction of sp³-hybridized carbons (Fsp3) is 0.333. The Hall–Kier alpha value is -2.48. The Bertz CT molecular complexity index is 721. The lowest BCUT2D eigenvalue weighted by Gasteiger charge is -2.27. The smallest absolute Gasteiger partial charge is 0.376 e. The van der Waals surface area contributed by atoms with Crippen molar-refractivity contribution in [1.82, 2.24) is 9.38 Å². The van der Waals surface area contributed by atoms with Gasteiger partial charge < -0.3 is 9.64 Å². The summed E-state index contributed by atoms with van der Waals surface area (Å²) in [4.78, 5) is 28.8. The zero-order chi connectivity index (χ0) is 14.1. The van der Waals surface area contributed by atoms with Gasteiger partial charge in [-0.2, -0.15) is 0 Å². The summed E-state index contributed by atoms with van der Waals surface area (Å²) in [6, 6.07) is 5.01. The van der Waals surface area contributed by atoms with Gasteiger partial charge in [0.25, 0.3) is 0 Å². The van der Waals surface area contributed by atoms with E-state index < -0.39 is 16.2 Å². The number of pyridine rings is 1. The van der Waals surface area contributed by atoms with Gasteiger partial charge in [0.15, 0.2) is 0 Å². The zero-order valence-corrected chi connectivity index (χ0v) is 10.6. The van der Waals surface area contributed by atoms with Crippen LogP contribution in [0.1, 0.15) is 0 Å². The largest absolute Gasteiger partial charge is 0.378 e. The molecule has 1 saturated heterocycles. The van der Waals surface area contributed by atoms with Crippen LogP contribution < -0.4 is 10.5 Å². The molecule has 2 aromatic heterocycles. The van der Waals surface area contributed by atoms with Crippen LogP contribution in [0.15, 0.2) is 29.2 Å². The molecule has 0 spiro atoms. The summed E-state index contributed by atoms with van der Waals surface area (Å²) in [5, 5.41) is 11.2. The first-order valence-corrected chi connectivity index (χ1v) is 6.17. The van der Waals surface area contributed by atoms with Crippen LogP contribution in [0.3, 0.4) is 0 Å². The lowest BCUT2D eigenvalue weighted by atomic mass is 10.3. The maximum atomic E-state index is 12.3. The molecule has 104 valence electrons. The third-order valence-electron chi connectivity index (χ3n) is 3.19. The van der Waals surface area contributed by atoms with Gasteiger partial charge in [-0.3, -0.25) is 19.3 Å². The summed E-state index contributed by atoms with van der Waals surface area (Å²) < 4.78 is 6.40. The van der Waals surface area contributed by atoms with E-state index in [0.29, 0.717) is 32.0 Å². The van der Waals surface area contributed by atoms with Crippen LogP contribution in [0.25, 0.3) is 5.65 Å². The van der Waals surface area contributed by atoms with Crippen molar-refractivity contribution in [1.29, 1.82) is 0 Å². The second kappa shape index (κ2) is 4.89. The molecule has 0 amide bonds. The Morgan fingerprint density at radius 2 is 2.05 bits per heavy atom. The average Bonchev–Trinajstić information content (AvgIpc) is 2.47. The molecule has 0 aliphatic carbocycles. The lowest BCUT2D eigenvalue weighted by Crippen LogP contribution is -2.38. The normalized spacial score (nSPS) is 15.5. The molecular weight excluding hydrogens is 264 g/mol. The monoisotopic (exact) mass is 276 g/mol. The van der Waals surface area contributed by atoms with Crippen LogP contribution in [0.5, 0.6) is 0 Å². The van der Waals surface area contributed by atoms with E-state index in [-0.39, 0.29) is 5.82 Å². The molecule has 0 N–H and O–H groups in total. The van der Waals surface area contributed by atoms with Crippen LogP contribution in [0.2, 0.25) is 0 Å². The van der Waals surface area contributed by atoms with Crippen molar-refractivity contribution in [2.45, 2.75) is 0 Å². The van der Waals surface area contributed by atoms with Crippen LogP contribution in [-0.2, 0) is 4.74 Å². The van der Waals surface area contributed by atoms with E-state index in [0.717, 1.165) is 0 Å². The van der Waals surface area contributed by atoms with Gasteiger partial charge in [0.2, 0.25) is 5.82 Å². The molecule has 3 rings (SSSR count). The number of hydrogen-bond acceptors (Lipinski definition) is 6. The summed E-state index contributed by atoms with van der Waals surface area (Å²) in [5.41, 5.74) is -0.762. The molecular formula is C12H12N4O4. The summed E-state index contributed by atoms with van der Waals surface area (Å²) in [6.07, 6.45) is 1.47. The van der Waals surface area contributed by atoms with E-state index in [2.05, 4.69) is 4.98 Å². The van der Waals surface area contributed by atoms with Gasteiger partial charge in [0.05, 0.1) is 18.1 Å². The number of aromatic nitrogens is 2. The molecule has 20 heavy (non-hydrogen) atoms. The highest BCUT2D eigenvalue weighted by atomic mass is 16.6. The van der Waals surface area contributed by atoms with Crippen molar-refractivity contribution in [3.8, 4) is 0 Å². The molecule has 3 heterocycles. The molecule has 1 aliphatic heterocycles. The third kappa shape index (κ3) is 1.99. The molecule has 0 radical (unpaired) electrons. The Morgan fingerprint density at radius 3 is 2.75 bits per heavy atom. The lowest BCUT2D eigenvalue weighted by molar-refractivity contribution is -0.385. The average molecular weight is 276 g/mol. The molecule has 0 atom stereocenters. The predicted octanol–water partition coefficient (Wildman–Crippen LogP) is 0.439. The number of nitro groups is 1. The van der Waals surface area contributed by atoms with Crippen LogP contribution in [-0.4, -0.2) is 40.6 Å². The summed E-state index contributed by atoms with van der Waals surface area (Å²) in [5.74, 6) is 0.120. The first-order valence-electron chi connectivity index (χ1n) is 6.17. The molecule has 8 heteroatoms. The predicted molar refractivity (Wildman–Crippen MR) is 71.1 cm³/mol. The molecule has 0 aromatic carbocycles. The fourth-order valence-corrected chi connectivity index (χ4v) is 2.22. The van der Waals surface area contributed by atoms with E-state index >= 15 is 0 Å². The van der Waals surface area contributed by atoms with Gasteiger partial charge in [-0.05, 0) is 12.1 Å². The molecule has 0 saturated carbocycles. The third-order valence-corrected chi connectivity index (χ3v) is 3.19. The van der Waals surface area contributed by atoms with Crippen molar-refractivity contribution in [3.63, 3.8) is 0 Å². The van der Waals surface area contributed by atoms with Crippen molar-refractivity contribution in [2.24, 2.45) is 0 Å². The summed E-state index contributed by atoms with van der Waals surface area (Å²) >= 11 is 0. The van der Waals surface area contributed by atoms with Gasteiger partial charge in [0.1, 0.15) is 5.65 Å². The topological polar surface area (TPSA) is 90.0 Å².